The third kappa shape index (κ3) is 5.63. The fourth-order valence-corrected chi connectivity index (χ4v) is 3.48. The van der Waals surface area contributed by atoms with E-state index in [0.29, 0.717) is 6.54 Å². The summed E-state index contributed by atoms with van der Waals surface area (Å²) < 4.78 is 4.26. The Labute approximate surface area is 199 Å². The second-order valence-corrected chi connectivity index (χ2v) is 7.14. The molecule has 0 amide bonds. The second-order valence-electron chi connectivity index (χ2n) is 7.14. The summed E-state index contributed by atoms with van der Waals surface area (Å²) in [5, 5.41) is 8.01. The molecular formula is C23H28IN7. The van der Waals surface area contributed by atoms with E-state index in [4.69, 9.17) is 0 Å². The highest BCUT2D eigenvalue weighted by Crippen LogP contribution is 2.15. The number of hydrogen-bond donors (Lipinski definition) is 2. The predicted octanol–water partition coefficient (Wildman–Crippen LogP) is 3.90. The normalized spacial score (nSPS) is 11.4. The van der Waals surface area contributed by atoms with Crippen molar-refractivity contribution >= 4 is 40.8 Å². The van der Waals surface area contributed by atoms with Crippen LogP contribution < -0.4 is 10.6 Å². The molecule has 0 radical (unpaired) electrons. The molecular weight excluding hydrogens is 501 g/mol. The Bertz CT molecular complexity index is 1130. The van der Waals surface area contributed by atoms with Crippen LogP contribution in [0.3, 0.4) is 0 Å². The van der Waals surface area contributed by atoms with Gasteiger partial charge >= 0.3 is 0 Å². The van der Waals surface area contributed by atoms with Crippen molar-refractivity contribution in [2.45, 2.75) is 26.4 Å². The number of pyridine rings is 1. The van der Waals surface area contributed by atoms with Crippen molar-refractivity contribution in [3.8, 4) is 5.82 Å². The molecule has 0 saturated heterocycles. The average Bonchev–Trinajstić information content (AvgIpc) is 3.40. The quantitative estimate of drug-likeness (QED) is 0.165. The molecule has 0 aliphatic rings. The van der Waals surface area contributed by atoms with E-state index in [-0.39, 0.29) is 24.0 Å². The first kappa shape index (κ1) is 22.8. The summed E-state index contributed by atoms with van der Waals surface area (Å²) in [7, 11) is 1.79. The van der Waals surface area contributed by atoms with Gasteiger partial charge in [-0.25, -0.2) is 9.97 Å². The summed E-state index contributed by atoms with van der Waals surface area (Å²) in [6.45, 7) is 4.45. The molecule has 0 unspecified atom stereocenters. The van der Waals surface area contributed by atoms with Gasteiger partial charge in [-0.15, -0.1) is 24.0 Å². The fourth-order valence-electron chi connectivity index (χ4n) is 3.48. The maximum atomic E-state index is 4.53. The first-order chi connectivity index (χ1) is 14.7. The zero-order valence-corrected chi connectivity index (χ0v) is 20.2. The number of nitrogens with zero attached hydrogens (tertiary/aromatic N) is 5. The zero-order chi connectivity index (χ0) is 20.8. The van der Waals surface area contributed by atoms with Crippen LogP contribution in [0.25, 0.3) is 16.7 Å². The molecule has 31 heavy (non-hydrogen) atoms. The van der Waals surface area contributed by atoms with Crippen molar-refractivity contribution in [3.05, 3.63) is 78.6 Å². The van der Waals surface area contributed by atoms with Crippen LogP contribution in [0.2, 0.25) is 0 Å². The Morgan fingerprint density at radius 1 is 1.03 bits per heavy atom. The fraction of sp³-hybridized carbons (Fsp3) is 0.261. The maximum Gasteiger partial charge on any atom is 0.191 e. The number of imidazole rings is 1. The number of rotatable bonds is 7. The minimum absolute atomic E-state index is 0. The molecule has 0 saturated carbocycles. The van der Waals surface area contributed by atoms with Crippen LogP contribution in [-0.4, -0.2) is 38.7 Å². The van der Waals surface area contributed by atoms with Gasteiger partial charge in [-0.1, -0.05) is 24.3 Å². The number of para-hydroxylation sites is 1. The van der Waals surface area contributed by atoms with Gasteiger partial charge in [0.05, 0.1) is 0 Å². The maximum absolute atomic E-state index is 4.53. The number of nitrogens with one attached hydrogen (secondary N) is 2. The van der Waals surface area contributed by atoms with Gasteiger partial charge in [0.1, 0.15) is 11.6 Å². The molecule has 0 fully saturated rings. The zero-order valence-electron chi connectivity index (χ0n) is 17.8. The molecule has 1 aromatic carbocycles. The first-order valence-corrected chi connectivity index (χ1v) is 10.2. The molecule has 7 nitrogen and oxygen atoms in total. The Morgan fingerprint density at radius 2 is 1.90 bits per heavy atom. The minimum Gasteiger partial charge on any atom is -0.356 e. The Kier molecular flexibility index (Phi) is 8.05. The number of aromatic nitrogens is 4. The molecule has 3 heterocycles. The third-order valence-electron chi connectivity index (χ3n) is 5.11. The Balaban J connectivity index is 0.00000272. The molecule has 0 bridgehead atoms. The van der Waals surface area contributed by atoms with Crippen LogP contribution in [0, 0.1) is 6.92 Å². The monoisotopic (exact) mass is 529 g/mol. The third-order valence-corrected chi connectivity index (χ3v) is 5.11. The number of aliphatic imine (C=N–C) groups is 1. The number of hydrogen-bond acceptors (Lipinski definition) is 3. The molecule has 162 valence electrons. The SMILES string of the molecule is CN=C(NCCCn1ccc2ccccc21)NCc1ccc(-n2ccnc2C)nc1.I. The lowest BCUT2D eigenvalue weighted by Crippen LogP contribution is -2.37. The lowest BCUT2D eigenvalue weighted by atomic mass is 10.2. The minimum atomic E-state index is 0. The van der Waals surface area contributed by atoms with Crippen LogP contribution in [0.5, 0.6) is 0 Å². The first-order valence-electron chi connectivity index (χ1n) is 10.2. The topological polar surface area (TPSA) is 72.1 Å². The Morgan fingerprint density at radius 3 is 2.65 bits per heavy atom. The highest BCUT2D eigenvalue weighted by molar-refractivity contribution is 14.0. The van der Waals surface area contributed by atoms with E-state index in [2.05, 4.69) is 72.8 Å². The standard InChI is InChI=1S/C23H27N7.HI/c1-18-25-12-15-30(18)22-9-8-19(16-27-22)17-28-23(24-2)26-11-5-13-29-14-10-20-6-3-4-7-21(20)29;/h3-4,6-10,12,14-16H,5,11,13,17H2,1-2H3,(H2,24,26,28);1H. The van der Waals surface area contributed by atoms with Crippen molar-refractivity contribution < 1.29 is 0 Å². The van der Waals surface area contributed by atoms with Crippen LogP contribution in [0.1, 0.15) is 17.8 Å². The van der Waals surface area contributed by atoms with Crippen LogP contribution in [0.4, 0.5) is 0 Å². The summed E-state index contributed by atoms with van der Waals surface area (Å²) in [6, 6.07) is 14.7. The van der Waals surface area contributed by atoms with Gasteiger partial charge in [0, 0.05) is 57.0 Å². The summed E-state index contributed by atoms with van der Waals surface area (Å²) >= 11 is 0. The molecule has 0 aliphatic heterocycles. The van der Waals surface area contributed by atoms with Crippen molar-refractivity contribution in [1.29, 1.82) is 0 Å². The van der Waals surface area contributed by atoms with Crippen LogP contribution in [-0.2, 0) is 13.1 Å². The number of benzene rings is 1. The van der Waals surface area contributed by atoms with Gasteiger partial charge in [0.15, 0.2) is 5.96 Å². The van der Waals surface area contributed by atoms with Crippen molar-refractivity contribution in [1.82, 2.24) is 29.7 Å². The molecule has 0 spiro atoms. The summed E-state index contributed by atoms with van der Waals surface area (Å²) in [5.41, 5.74) is 2.38. The highest BCUT2D eigenvalue weighted by atomic mass is 127. The lowest BCUT2D eigenvalue weighted by Gasteiger charge is -2.13. The lowest BCUT2D eigenvalue weighted by molar-refractivity contribution is 0.640. The molecule has 4 rings (SSSR count). The summed E-state index contributed by atoms with van der Waals surface area (Å²) in [5.74, 6) is 2.58. The van der Waals surface area contributed by atoms with E-state index in [1.54, 1.807) is 13.2 Å². The van der Waals surface area contributed by atoms with Gasteiger partial charge in [-0.3, -0.25) is 9.56 Å². The number of fused-ring (bicyclic) bond motifs is 1. The number of aryl methyl sites for hydroxylation is 2. The van der Waals surface area contributed by atoms with Gasteiger partial charge in [-0.05, 0) is 42.5 Å². The summed E-state index contributed by atoms with van der Waals surface area (Å²) in [4.78, 5) is 13.1. The molecule has 2 N–H and O–H groups in total. The molecule has 0 atom stereocenters. The highest BCUT2D eigenvalue weighted by Gasteiger charge is 2.04. The average molecular weight is 529 g/mol. The van der Waals surface area contributed by atoms with Crippen molar-refractivity contribution in [3.63, 3.8) is 0 Å². The van der Waals surface area contributed by atoms with E-state index in [9.17, 15) is 0 Å². The summed E-state index contributed by atoms with van der Waals surface area (Å²) in [6.07, 6.45) is 8.74. The number of halogens is 1. The van der Waals surface area contributed by atoms with Gasteiger partial charge in [0.25, 0.3) is 0 Å². The van der Waals surface area contributed by atoms with E-state index in [1.807, 2.05) is 30.0 Å². The predicted molar refractivity (Wildman–Crippen MR) is 136 cm³/mol. The van der Waals surface area contributed by atoms with Crippen LogP contribution >= 0.6 is 24.0 Å². The van der Waals surface area contributed by atoms with Gasteiger partial charge < -0.3 is 15.2 Å². The molecule has 3 aromatic heterocycles. The van der Waals surface area contributed by atoms with E-state index in [0.717, 1.165) is 42.7 Å². The van der Waals surface area contributed by atoms with Crippen molar-refractivity contribution in [2.24, 2.45) is 4.99 Å². The molecule has 4 aromatic rings. The van der Waals surface area contributed by atoms with E-state index < -0.39 is 0 Å². The Hall–Kier alpha value is -2.88. The smallest absolute Gasteiger partial charge is 0.191 e. The van der Waals surface area contributed by atoms with Gasteiger partial charge in [-0.2, -0.15) is 0 Å². The van der Waals surface area contributed by atoms with E-state index >= 15 is 0 Å². The molecule has 8 heteroatoms. The van der Waals surface area contributed by atoms with Crippen LogP contribution in [0.15, 0.2) is 72.2 Å². The van der Waals surface area contributed by atoms with E-state index in [1.165, 1.54) is 10.9 Å². The van der Waals surface area contributed by atoms with Gasteiger partial charge in [0.2, 0.25) is 0 Å². The van der Waals surface area contributed by atoms with Crippen molar-refractivity contribution in [2.75, 3.05) is 13.6 Å². The largest absolute Gasteiger partial charge is 0.356 e. The second kappa shape index (κ2) is 10.9. The molecule has 0 aliphatic carbocycles. The number of guanidine groups is 1.